The number of aromatic nitrogens is 1. The van der Waals surface area contributed by atoms with Crippen molar-refractivity contribution >= 4 is 28.5 Å². The Kier molecular flexibility index (Phi) is 4.14. The van der Waals surface area contributed by atoms with Gasteiger partial charge in [-0.1, -0.05) is 18.2 Å². The van der Waals surface area contributed by atoms with Crippen molar-refractivity contribution in [3.8, 4) is 0 Å². The minimum absolute atomic E-state index is 0.366. The Morgan fingerprint density at radius 1 is 1.20 bits per heavy atom. The quantitative estimate of drug-likeness (QED) is 0.412. The van der Waals surface area contributed by atoms with Crippen molar-refractivity contribution in [3.63, 3.8) is 0 Å². The molecular formula is C16H11F3N4O2. The smallest absolute Gasteiger partial charge is 0.361 e. The number of alkyl halides is 3. The summed E-state index contributed by atoms with van der Waals surface area (Å²) in [5.41, 5.74) is 1.70. The van der Waals surface area contributed by atoms with Crippen LogP contribution in [0.15, 0.2) is 53.8 Å². The van der Waals surface area contributed by atoms with Gasteiger partial charge >= 0.3 is 6.18 Å². The van der Waals surface area contributed by atoms with Gasteiger partial charge in [-0.25, -0.2) is 0 Å². The number of nitro benzene ring substituents is 1. The molecule has 9 heteroatoms. The van der Waals surface area contributed by atoms with Crippen molar-refractivity contribution in [2.24, 2.45) is 5.10 Å². The molecule has 0 bridgehead atoms. The first-order valence-electron chi connectivity index (χ1n) is 7.07. The molecule has 3 aromatic rings. The molecule has 0 radical (unpaired) electrons. The molecule has 6 nitrogen and oxygen atoms in total. The summed E-state index contributed by atoms with van der Waals surface area (Å²) in [4.78, 5) is 12.8. The summed E-state index contributed by atoms with van der Waals surface area (Å²) < 4.78 is 39.2. The second-order valence-corrected chi connectivity index (χ2v) is 5.14. The van der Waals surface area contributed by atoms with Crippen LogP contribution in [0.2, 0.25) is 0 Å². The van der Waals surface area contributed by atoms with Gasteiger partial charge in [-0.3, -0.25) is 15.5 Å². The number of nitrogens with one attached hydrogen (secondary N) is 2. The molecule has 0 fully saturated rings. The summed E-state index contributed by atoms with van der Waals surface area (Å²) in [5.74, 6) is 0. The lowest BCUT2D eigenvalue weighted by atomic mass is 10.1. The Balaban J connectivity index is 1.89. The minimum atomic E-state index is -4.75. The Labute approximate surface area is 139 Å². The minimum Gasteiger partial charge on any atom is -0.361 e. The van der Waals surface area contributed by atoms with Gasteiger partial charge in [0, 0.05) is 34.8 Å². The van der Waals surface area contributed by atoms with Crippen molar-refractivity contribution in [1.29, 1.82) is 0 Å². The van der Waals surface area contributed by atoms with Gasteiger partial charge in [0.2, 0.25) is 0 Å². The van der Waals surface area contributed by atoms with Crippen molar-refractivity contribution in [2.45, 2.75) is 6.18 Å². The average molecular weight is 348 g/mol. The molecule has 0 saturated carbocycles. The number of anilines is 1. The van der Waals surface area contributed by atoms with E-state index in [1.165, 1.54) is 6.21 Å². The van der Waals surface area contributed by atoms with Crippen LogP contribution in [0.5, 0.6) is 0 Å². The van der Waals surface area contributed by atoms with Crippen LogP contribution in [0.3, 0.4) is 0 Å². The number of nitrogens with zero attached hydrogens (tertiary/aromatic N) is 2. The van der Waals surface area contributed by atoms with Gasteiger partial charge in [-0.15, -0.1) is 0 Å². The first-order chi connectivity index (χ1) is 11.9. The van der Waals surface area contributed by atoms with Crippen LogP contribution in [-0.2, 0) is 6.18 Å². The van der Waals surface area contributed by atoms with Crippen LogP contribution in [-0.4, -0.2) is 16.1 Å². The molecule has 3 rings (SSSR count). The fourth-order valence-electron chi connectivity index (χ4n) is 2.35. The van der Waals surface area contributed by atoms with Gasteiger partial charge in [0.05, 0.1) is 22.4 Å². The van der Waals surface area contributed by atoms with E-state index in [-0.39, 0.29) is 5.69 Å². The number of halogens is 3. The van der Waals surface area contributed by atoms with E-state index in [4.69, 9.17) is 0 Å². The normalized spacial score (nSPS) is 12.0. The topological polar surface area (TPSA) is 83.3 Å². The fraction of sp³-hybridized carbons (Fsp3) is 0.0625. The van der Waals surface area contributed by atoms with Gasteiger partial charge in [-0.2, -0.15) is 18.3 Å². The largest absolute Gasteiger partial charge is 0.418 e. The van der Waals surface area contributed by atoms with E-state index in [9.17, 15) is 23.3 Å². The lowest BCUT2D eigenvalue weighted by Gasteiger charge is -2.11. The Bertz CT molecular complexity index is 963. The van der Waals surface area contributed by atoms with E-state index in [0.717, 1.165) is 23.0 Å². The van der Waals surface area contributed by atoms with Crippen LogP contribution in [0.1, 0.15) is 11.1 Å². The first-order valence-corrected chi connectivity index (χ1v) is 7.07. The summed E-state index contributed by atoms with van der Waals surface area (Å²) in [7, 11) is 0. The van der Waals surface area contributed by atoms with E-state index in [1.54, 1.807) is 6.20 Å². The molecule has 2 N–H and O–H groups in total. The van der Waals surface area contributed by atoms with Crippen LogP contribution in [0.4, 0.5) is 24.5 Å². The third-order valence-electron chi connectivity index (χ3n) is 3.53. The highest BCUT2D eigenvalue weighted by Gasteiger charge is 2.35. The van der Waals surface area contributed by atoms with Crippen LogP contribution in [0.25, 0.3) is 10.9 Å². The molecule has 0 spiro atoms. The third-order valence-corrected chi connectivity index (χ3v) is 3.53. The molecule has 1 aromatic heterocycles. The molecule has 128 valence electrons. The predicted octanol–water partition coefficient (Wildman–Crippen LogP) is 4.54. The van der Waals surface area contributed by atoms with Crippen LogP contribution < -0.4 is 5.43 Å². The highest BCUT2D eigenvalue weighted by molar-refractivity contribution is 5.99. The number of hydrogen-bond donors (Lipinski definition) is 2. The van der Waals surface area contributed by atoms with E-state index in [2.05, 4.69) is 15.5 Å². The second kappa shape index (κ2) is 6.27. The lowest BCUT2D eigenvalue weighted by molar-refractivity contribution is -0.385. The van der Waals surface area contributed by atoms with E-state index >= 15 is 0 Å². The SMILES string of the molecule is O=[N+]([O-])c1ccc(N/N=C/c2c[nH]c3ccccc23)c(C(F)(F)F)c1. The third kappa shape index (κ3) is 3.44. The molecule has 0 saturated heterocycles. The van der Waals surface area contributed by atoms with Gasteiger partial charge in [0.15, 0.2) is 0 Å². The Morgan fingerprint density at radius 3 is 2.68 bits per heavy atom. The monoisotopic (exact) mass is 348 g/mol. The Morgan fingerprint density at radius 2 is 1.96 bits per heavy atom. The summed E-state index contributed by atoms with van der Waals surface area (Å²) in [6.45, 7) is 0. The van der Waals surface area contributed by atoms with Gasteiger partial charge in [0.1, 0.15) is 0 Å². The maximum atomic E-state index is 13.1. The van der Waals surface area contributed by atoms with Crippen LogP contribution >= 0.6 is 0 Å². The summed E-state index contributed by atoms with van der Waals surface area (Å²) in [6.07, 6.45) is -1.69. The van der Waals surface area contributed by atoms with E-state index in [1.807, 2.05) is 24.3 Å². The maximum absolute atomic E-state index is 13.1. The zero-order chi connectivity index (χ0) is 18.0. The number of non-ortho nitro benzene ring substituents is 1. The number of para-hydroxylation sites is 1. The number of fused-ring (bicyclic) bond motifs is 1. The molecule has 0 atom stereocenters. The fourth-order valence-corrected chi connectivity index (χ4v) is 2.35. The summed E-state index contributed by atoms with van der Waals surface area (Å²) >= 11 is 0. The number of H-pyrrole nitrogens is 1. The second-order valence-electron chi connectivity index (χ2n) is 5.14. The lowest BCUT2D eigenvalue weighted by Crippen LogP contribution is -2.09. The van der Waals surface area contributed by atoms with Gasteiger partial charge < -0.3 is 4.98 Å². The molecular weight excluding hydrogens is 337 g/mol. The molecule has 0 aliphatic carbocycles. The van der Waals surface area contributed by atoms with Crippen molar-refractivity contribution < 1.29 is 18.1 Å². The molecule has 0 aliphatic rings. The van der Waals surface area contributed by atoms with E-state index < -0.39 is 22.4 Å². The highest BCUT2D eigenvalue weighted by atomic mass is 19.4. The zero-order valence-corrected chi connectivity index (χ0v) is 12.5. The number of nitro groups is 1. The highest BCUT2D eigenvalue weighted by Crippen LogP contribution is 2.37. The van der Waals surface area contributed by atoms with Crippen molar-refractivity contribution in [1.82, 2.24) is 4.98 Å². The standard InChI is InChI=1S/C16H11F3N4O2/c17-16(18,19)13-7-11(23(24)25)5-6-15(13)22-21-9-10-8-20-14-4-2-1-3-12(10)14/h1-9,20,22H/b21-9+. The molecule has 1 heterocycles. The first kappa shape index (κ1) is 16.5. The van der Waals surface area contributed by atoms with Gasteiger partial charge in [-0.05, 0) is 12.1 Å². The van der Waals surface area contributed by atoms with E-state index in [0.29, 0.717) is 11.6 Å². The number of benzene rings is 2. The van der Waals surface area contributed by atoms with Crippen LogP contribution in [0, 0.1) is 10.1 Å². The van der Waals surface area contributed by atoms with Crippen molar-refractivity contribution in [3.05, 3.63) is 69.9 Å². The molecule has 0 amide bonds. The zero-order valence-electron chi connectivity index (χ0n) is 12.5. The Hall–Kier alpha value is -3.36. The molecule has 0 unspecified atom stereocenters. The predicted molar refractivity (Wildman–Crippen MR) is 87.6 cm³/mol. The molecule has 0 aliphatic heterocycles. The number of hydrogen-bond acceptors (Lipinski definition) is 4. The summed E-state index contributed by atoms with van der Waals surface area (Å²) in [6, 6.07) is 9.83. The summed E-state index contributed by atoms with van der Waals surface area (Å²) in [5, 5.41) is 15.4. The number of hydrazone groups is 1. The van der Waals surface area contributed by atoms with Crippen molar-refractivity contribution in [2.75, 3.05) is 5.43 Å². The maximum Gasteiger partial charge on any atom is 0.418 e. The average Bonchev–Trinajstić information content (AvgIpc) is 2.97. The molecule has 25 heavy (non-hydrogen) atoms. The van der Waals surface area contributed by atoms with Gasteiger partial charge in [0.25, 0.3) is 5.69 Å². The number of rotatable bonds is 4. The number of aromatic amines is 1. The molecule has 2 aromatic carbocycles.